The number of benzene rings is 1. The molecule has 1 aromatic carbocycles. The van der Waals surface area contributed by atoms with Crippen molar-refractivity contribution in [3.63, 3.8) is 0 Å². The molecule has 2 aliphatic rings. The summed E-state index contributed by atoms with van der Waals surface area (Å²) < 4.78 is 0. The molecule has 1 fully saturated rings. The van der Waals surface area contributed by atoms with Crippen LogP contribution in [0.5, 0.6) is 0 Å². The van der Waals surface area contributed by atoms with Crippen molar-refractivity contribution in [1.29, 1.82) is 0 Å². The second-order valence-corrected chi connectivity index (χ2v) is 11.0. The van der Waals surface area contributed by atoms with E-state index < -0.39 is 0 Å². The highest BCUT2D eigenvalue weighted by Crippen LogP contribution is 2.38. The van der Waals surface area contributed by atoms with Crippen LogP contribution in [0.3, 0.4) is 0 Å². The molecule has 1 aliphatic heterocycles. The first-order valence-electron chi connectivity index (χ1n) is 13.2. The Balaban J connectivity index is 1.34. The number of anilines is 3. The van der Waals surface area contributed by atoms with E-state index in [9.17, 15) is 14.4 Å². The van der Waals surface area contributed by atoms with Crippen LogP contribution in [0.4, 0.5) is 17.1 Å². The van der Waals surface area contributed by atoms with Crippen molar-refractivity contribution < 1.29 is 14.4 Å². The molecule has 0 atom stereocenters. The molecule has 0 radical (unpaired) electrons. The van der Waals surface area contributed by atoms with Gasteiger partial charge in [-0.1, -0.05) is 31.4 Å². The molecular weight excluding hydrogens is 498 g/mol. The number of carbonyl (C=O) groups is 3. The van der Waals surface area contributed by atoms with Crippen molar-refractivity contribution in [3.05, 3.63) is 70.7 Å². The largest absolute Gasteiger partial charge is 0.326 e. The Morgan fingerprint density at radius 2 is 1.89 bits per heavy atom. The number of aromatic nitrogens is 1. The van der Waals surface area contributed by atoms with Crippen LogP contribution >= 0.6 is 11.3 Å². The Hall–Kier alpha value is -3.56. The maximum absolute atomic E-state index is 13.3. The molecule has 2 aromatic heterocycles. The fraction of sp³-hybridized carbons (Fsp3) is 0.379. The number of hydrogen-bond acceptors (Lipinski definition) is 6. The first-order chi connectivity index (χ1) is 18.6. The standard InChI is InChI=1S/C29H33N5O3S/c35-27(16-24-10-6-14-38-24)32-22-11-12-25-26(15-22)34(28(36)18-30-17-23-9-4-5-13-31-23)20-29(37)33(25)19-21-7-2-1-3-8-21/h4-6,9-15,21,30H,1-3,7-8,16-20H2,(H,32,35). The summed E-state index contributed by atoms with van der Waals surface area (Å²) in [5.41, 5.74) is 2.82. The predicted octanol–water partition coefficient (Wildman–Crippen LogP) is 4.37. The van der Waals surface area contributed by atoms with Gasteiger partial charge in [0.1, 0.15) is 6.54 Å². The SMILES string of the molecule is O=C(Cc1cccs1)Nc1ccc2c(c1)N(C(=O)CNCc1ccccn1)CC(=O)N2CC1CCCCC1. The maximum atomic E-state index is 13.3. The monoisotopic (exact) mass is 531 g/mol. The highest BCUT2D eigenvalue weighted by atomic mass is 32.1. The van der Waals surface area contributed by atoms with E-state index in [2.05, 4.69) is 15.6 Å². The Kier molecular flexibility index (Phi) is 8.45. The minimum absolute atomic E-state index is 0.0174. The van der Waals surface area contributed by atoms with E-state index in [1.54, 1.807) is 17.5 Å². The van der Waals surface area contributed by atoms with Gasteiger partial charge in [-0.05, 0) is 60.5 Å². The number of hydrogen-bond donors (Lipinski definition) is 2. The number of nitrogens with zero attached hydrogens (tertiary/aromatic N) is 3. The van der Waals surface area contributed by atoms with Gasteiger partial charge in [0.15, 0.2) is 0 Å². The zero-order chi connectivity index (χ0) is 26.3. The van der Waals surface area contributed by atoms with Gasteiger partial charge >= 0.3 is 0 Å². The average Bonchev–Trinajstić information content (AvgIpc) is 3.44. The van der Waals surface area contributed by atoms with Crippen LogP contribution in [0.25, 0.3) is 0 Å². The Labute approximate surface area is 227 Å². The molecule has 0 saturated heterocycles. The Morgan fingerprint density at radius 1 is 1.03 bits per heavy atom. The summed E-state index contributed by atoms with van der Waals surface area (Å²) in [6.45, 7) is 1.17. The summed E-state index contributed by atoms with van der Waals surface area (Å²) in [6, 6.07) is 15.0. The smallest absolute Gasteiger partial charge is 0.247 e. The lowest BCUT2D eigenvalue weighted by Gasteiger charge is -2.38. The lowest BCUT2D eigenvalue weighted by molar-refractivity contribution is -0.122. The van der Waals surface area contributed by atoms with Gasteiger partial charge < -0.3 is 15.5 Å². The van der Waals surface area contributed by atoms with Gasteiger partial charge in [0.05, 0.1) is 30.0 Å². The fourth-order valence-electron chi connectivity index (χ4n) is 5.21. The average molecular weight is 532 g/mol. The van der Waals surface area contributed by atoms with Crippen LogP contribution in [-0.2, 0) is 27.3 Å². The van der Waals surface area contributed by atoms with E-state index >= 15 is 0 Å². The van der Waals surface area contributed by atoms with Gasteiger partial charge in [0.25, 0.3) is 0 Å². The van der Waals surface area contributed by atoms with Gasteiger partial charge in [-0.3, -0.25) is 24.3 Å². The van der Waals surface area contributed by atoms with Crippen molar-refractivity contribution >= 4 is 46.1 Å². The number of rotatable bonds is 9. The summed E-state index contributed by atoms with van der Waals surface area (Å²) in [5, 5.41) is 8.06. The molecule has 0 unspecified atom stereocenters. The molecule has 38 heavy (non-hydrogen) atoms. The molecular formula is C29H33N5O3S. The molecule has 3 aromatic rings. The van der Waals surface area contributed by atoms with Crippen molar-refractivity contribution in [2.45, 2.75) is 45.1 Å². The third-order valence-electron chi connectivity index (χ3n) is 7.13. The molecule has 8 nitrogen and oxygen atoms in total. The van der Waals surface area contributed by atoms with Crippen LogP contribution in [0, 0.1) is 5.92 Å². The molecule has 5 rings (SSSR count). The van der Waals surface area contributed by atoms with Gasteiger partial charge in [0, 0.05) is 29.9 Å². The van der Waals surface area contributed by atoms with Gasteiger partial charge in [-0.2, -0.15) is 0 Å². The normalized spacial score (nSPS) is 15.8. The van der Waals surface area contributed by atoms with Crippen LogP contribution in [0.15, 0.2) is 60.1 Å². The first-order valence-corrected chi connectivity index (χ1v) is 14.1. The summed E-state index contributed by atoms with van der Waals surface area (Å²) in [4.78, 5) is 47.9. The summed E-state index contributed by atoms with van der Waals surface area (Å²) >= 11 is 1.54. The molecule has 2 N–H and O–H groups in total. The topological polar surface area (TPSA) is 94.6 Å². The van der Waals surface area contributed by atoms with Crippen molar-refractivity contribution in [2.24, 2.45) is 5.92 Å². The number of pyridine rings is 1. The van der Waals surface area contributed by atoms with E-state index in [-0.39, 0.29) is 30.8 Å². The highest BCUT2D eigenvalue weighted by molar-refractivity contribution is 7.10. The van der Waals surface area contributed by atoms with Gasteiger partial charge in [-0.15, -0.1) is 11.3 Å². The molecule has 9 heteroatoms. The van der Waals surface area contributed by atoms with Crippen molar-refractivity contribution in [2.75, 3.05) is 34.8 Å². The quantitative estimate of drug-likeness (QED) is 0.428. The van der Waals surface area contributed by atoms with E-state index in [0.29, 0.717) is 36.8 Å². The summed E-state index contributed by atoms with van der Waals surface area (Å²) in [7, 11) is 0. The predicted molar refractivity (Wildman–Crippen MR) is 150 cm³/mol. The number of nitrogens with one attached hydrogen (secondary N) is 2. The second-order valence-electron chi connectivity index (χ2n) is 9.92. The molecule has 0 bridgehead atoms. The lowest BCUT2D eigenvalue weighted by atomic mass is 9.88. The summed E-state index contributed by atoms with van der Waals surface area (Å²) in [6.07, 6.45) is 7.90. The highest BCUT2D eigenvalue weighted by Gasteiger charge is 2.34. The molecule has 1 saturated carbocycles. The minimum atomic E-state index is -0.199. The Morgan fingerprint density at radius 3 is 2.66 bits per heavy atom. The number of thiophene rings is 1. The van der Waals surface area contributed by atoms with Crippen LogP contribution in [0.1, 0.15) is 42.7 Å². The van der Waals surface area contributed by atoms with Crippen LogP contribution < -0.4 is 20.4 Å². The van der Waals surface area contributed by atoms with Crippen molar-refractivity contribution in [1.82, 2.24) is 10.3 Å². The summed E-state index contributed by atoms with van der Waals surface area (Å²) in [5.74, 6) is 0.0757. The van der Waals surface area contributed by atoms with E-state index in [1.165, 1.54) is 24.2 Å². The van der Waals surface area contributed by atoms with Crippen LogP contribution in [0.2, 0.25) is 0 Å². The minimum Gasteiger partial charge on any atom is -0.326 e. The van der Waals surface area contributed by atoms with E-state index in [0.717, 1.165) is 29.1 Å². The second kappa shape index (κ2) is 12.3. The first kappa shape index (κ1) is 26.1. The van der Waals surface area contributed by atoms with Crippen LogP contribution in [-0.4, -0.2) is 42.3 Å². The number of fused-ring (bicyclic) bond motifs is 1. The van der Waals surface area contributed by atoms with E-state index in [4.69, 9.17) is 0 Å². The molecule has 3 heterocycles. The van der Waals surface area contributed by atoms with E-state index in [1.807, 2.05) is 58.8 Å². The molecule has 0 spiro atoms. The third kappa shape index (κ3) is 6.46. The zero-order valence-electron chi connectivity index (χ0n) is 21.4. The molecule has 198 valence electrons. The number of carbonyl (C=O) groups excluding carboxylic acids is 3. The maximum Gasteiger partial charge on any atom is 0.247 e. The zero-order valence-corrected chi connectivity index (χ0v) is 22.2. The third-order valence-corrected chi connectivity index (χ3v) is 8.00. The Bertz CT molecular complexity index is 1260. The van der Waals surface area contributed by atoms with Gasteiger partial charge in [-0.25, -0.2) is 0 Å². The van der Waals surface area contributed by atoms with Gasteiger partial charge in [0.2, 0.25) is 17.7 Å². The molecule has 3 amide bonds. The lowest BCUT2D eigenvalue weighted by Crippen LogP contribution is -2.51. The number of amides is 3. The van der Waals surface area contributed by atoms with Crippen molar-refractivity contribution in [3.8, 4) is 0 Å². The molecule has 1 aliphatic carbocycles. The fourth-order valence-corrected chi connectivity index (χ4v) is 5.91.